The average Bonchev–Trinajstić information content (AvgIpc) is 3.22. The van der Waals surface area contributed by atoms with Crippen LogP contribution in [-0.4, -0.2) is 36.2 Å². The number of carboxylic acid groups (broad SMARTS) is 1. The number of hydrogen-bond donors (Lipinski definition) is 2. The standard InChI is InChI=1S/C15H17F2NO4/c1-15(7-22-2,14(20)21)18-13(19)10-6-9(10)8-3-4-11(16)12(17)5-8/h3-5,9-10H,6-7H2,1-2H3,(H,18,19)(H,20,21). The van der Waals surface area contributed by atoms with Crippen LogP contribution in [0.5, 0.6) is 0 Å². The first-order valence-electron chi connectivity index (χ1n) is 6.78. The van der Waals surface area contributed by atoms with Gasteiger partial charge in [-0.1, -0.05) is 6.07 Å². The number of hydrogen-bond acceptors (Lipinski definition) is 3. The molecule has 2 N–H and O–H groups in total. The van der Waals surface area contributed by atoms with Gasteiger partial charge >= 0.3 is 5.97 Å². The van der Waals surface area contributed by atoms with Gasteiger partial charge < -0.3 is 15.2 Å². The fourth-order valence-electron chi connectivity index (χ4n) is 2.40. The zero-order valence-electron chi connectivity index (χ0n) is 12.2. The summed E-state index contributed by atoms with van der Waals surface area (Å²) in [5.74, 6) is -4.21. The third-order valence-electron chi connectivity index (χ3n) is 3.80. The van der Waals surface area contributed by atoms with Gasteiger partial charge in [0.05, 0.1) is 6.61 Å². The Morgan fingerprint density at radius 1 is 1.41 bits per heavy atom. The summed E-state index contributed by atoms with van der Waals surface area (Å²) in [4.78, 5) is 23.4. The summed E-state index contributed by atoms with van der Waals surface area (Å²) < 4.78 is 30.9. The van der Waals surface area contributed by atoms with Crippen LogP contribution < -0.4 is 5.32 Å². The molecule has 22 heavy (non-hydrogen) atoms. The number of ether oxygens (including phenoxy) is 1. The molecule has 120 valence electrons. The minimum Gasteiger partial charge on any atom is -0.479 e. The highest BCUT2D eigenvalue weighted by Crippen LogP contribution is 2.48. The fraction of sp³-hybridized carbons (Fsp3) is 0.467. The maximum atomic E-state index is 13.2. The monoisotopic (exact) mass is 313 g/mol. The summed E-state index contributed by atoms with van der Waals surface area (Å²) in [6.45, 7) is 1.18. The first-order valence-corrected chi connectivity index (χ1v) is 6.78. The molecule has 1 aliphatic rings. The van der Waals surface area contributed by atoms with E-state index in [1.165, 1.54) is 20.1 Å². The van der Waals surface area contributed by atoms with Gasteiger partial charge in [-0.3, -0.25) is 4.79 Å². The van der Waals surface area contributed by atoms with Crippen molar-refractivity contribution in [3.8, 4) is 0 Å². The second-order valence-electron chi connectivity index (χ2n) is 5.68. The Hall–Kier alpha value is -2.02. The number of rotatable bonds is 6. The van der Waals surface area contributed by atoms with Crippen molar-refractivity contribution < 1.29 is 28.2 Å². The highest BCUT2D eigenvalue weighted by Gasteiger charge is 2.47. The number of methoxy groups -OCH3 is 1. The Morgan fingerprint density at radius 3 is 2.64 bits per heavy atom. The normalized spacial score (nSPS) is 22.7. The van der Waals surface area contributed by atoms with Crippen molar-refractivity contribution in [1.82, 2.24) is 5.32 Å². The first-order chi connectivity index (χ1) is 10.3. The third-order valence-corrected chi connectivity index (χ3v) is 3.80. The van der Waals surface area contributed by atoms with Crippen LogP contribution in [0, 0.1) is 17.6 Å². The molecule has 7 heteroatoms. The molecule has 1 aromatic carbocycles. The highest BCUT2D eigenvalue weighted by molar-refractivity contribution is 5.89. The van der Waals surface area contributed by atoms with E-state index in [2.05, 4.69) is 5.32 Å². The maximum absolute atomic E-state index is 13.2. The van der Waals surface area contributed by atoms with Crippen molar-refractivity contribution in [2.45, 2.75) is 24.8 Å². The summed E-state index contributed by atoms with van der Waals surface area (Å²) in [7, 11) is 1.34. The van der Waals surface area contributed by atoms with E-state index in [1.54, 1.807) is 0 Å². The van der Waals surface area contributed by atoms with Crippen molar-refractivity contribution >= 4 is 11.9 Å². The van der Waals surface area contributed by atoms with Gasteiger partial charge in [0.2, 0.25) is 5.91 Å². The molecule has 3 atom stereocenters. The molecule has 0 aliphatic heterocycles. The SMILES string of the molecule is COCC(C)(NC(=O)C1CC1c1ccc(F)c(F)c1)C(=O)O. The largest absolute Gasteiger partial charge is 0.479 e. The van der Waals surface area contributed by atoms with Gasteiger partial charge in [-0.15, -0.1) is 0 Å². The zero-order chi connectivity index (χ0) is 16.5. The van der Waals surface area contributed by atoms with Gasteiger partial charge in [0, 0.05) is 13.0 Å². The van der Waals surface area contributed by atoms with Crippen molar-refractivity contribution in [2.24, 2.45) is 5.92 Å². The molecule has 3 unspecified atom stereocenters. The van der Waals surface area contributed by atoms with E-state index in [4.69, 9.17) is 4.74 Å². The lowest BCUT2D eigenvalue weighted by molar-refractivity contribution is -0.149. The first kappa shape index (κ1) is 16.4. The van der Waals surface area contributed by atoms with Crippen LogP contribution in [0.4, 0.5) is 8.78 Å². The van der Waals surface area contributed by atoms with E-state index in [1.807, 2.05) is 0 Å². The predicted molar refractivity (Wildman–Crippen MR) is 73.3 cm³/mol. The van der Waals surface area contributed by atoms with Gasteiger partial charge in [-0.25, -0.2) is 13.6 Å². The molecule has 1 fully saturated rings. The van der Waals surface area contributed by atoms with Gasteiger partial charge in [-0.2, -0.15) is 0 Å². The number of aliphatic carboxylic acids is 1. The summed E-state index contributed by atoms with van der Waals surface area (Å²) >= 11 is 0. The molecule has 0 bridgehead atoms. The second-order valence-corrected chi connectivity index (χ2v) is 5.68. The molecule has 1 aromatic rings. The van der Waals surface area contributed by atoms with Crippen LogP contribution in [0.15, 0.2) is 18.2 Å². The topological polar surface area (TPSA) is 75.6 Å². The van der Waals surface area contributed by atoms with Crippen LogP contribution in [0.3, 0.4) is 0 Å². The molecule has 0 spiro atoms. The van der Waals surface area contributed by atoms with Crippen LogP contribution in [0.1, 0.15) is 24.8 Å². The third kappa shape index (κ3) is 3.24. The summed E-state index contributed by atoms with van der Waals surface area (Å²) in [5.41, 5.74) is -0.990. The average molecular weight is 313 g/mol. The number of nitrogens with one attached hydrogen (secondary N) is 1. The molecule has 1 saturated carbocycles. The Balaban J connectivity index is 2.03. The molecule has 0 aromatic heterocycles. The quantitative estimate of drug-likeness (QED) is 0.838. The van der Waals surface area contributed by atoms with Crippen LogP contribution in [-0.2, 0) is 14.3 Å². The van der Waals surface area contributed by atoms with E-state index in [9.17, 15) is 23.5 Å². The van der Waals surface area contributed by atoms with Gasteiger partial charge in [0.25, 0.3) is 0 Å². The molecule has 1 amide bonds. The minimum absolute atomic E-state index is 0.170. The number of halogens is 2. The van der Waals surface area contributed by atoms with Gasteiger partial charge in [-0.05, 0) is 37.0 Å². The molecule has 0 heterocycles. The van der Waals surface area contributed by atoms with Crippen molar-refractivity contribution in [3.63, 3.8) is 0 Å². The van der Waals surface area contributed by atoms with E-state index >= 15 is 0 Å². The summed E-state index contributed by atoms with van der Waals surface area (Å²) in [6.07, 6.45) is 0.472. The zero-order valence-corrected chi connectivity index (χ0v) is 12.2. The number of benzene rings is 1. The number of amides is 1. The lowest BCUT2D eigenvalue weighted by atomic mass is 10.0. The highest BCUT2D eigenvalue weighted by atomic mass is 19.2. The van der Waals surface area contributed by atoms with Crippen LogP contribution >= 0.6 is 0 Å². The minimum atomic E-state index is -1.52. The Kier molecular flexibility index (Phi) is 4.46. The number of carbonyl (C=O) groups is 2. The Labute approximate surface area is 126 Å². The van der Waals surface area contributed by atoms with Gasteiger partial charge in [0.15, 0.2) is 17.2 Å². The summed E-state index contributed by atoms with van der Waals surface area (Å²) in [6, 6.07) is 3.52. The smallest absolute Gasteiger partial charge is 0.331 e. The molecular formula is C15H17F2NO4. The molecular weight excluding hydrogens is 296 g/mol. The molecule has 1 aliphatic carbocycles. The molecule has 5 nitrogen and oxygen atoms in total. The second kappa shape index (κ2) is 6.00. The van der Waals surface area contributed by atoms with Crippen LogP contribution in [0.25, 0.3) is 0 Å². The fourth-order valence-corrected chi connectivity index (χ4v) is 2.40. The molecule has 2 rings (SSSR count). The maximum Gasteiger partial charge on any atom is 0.331 e. The number of carboxylic acids is 1. The van der Waals surface area contributed by atoms with E-state index in [-0.39, 0.29) is 12.5 Å². The lowest BCUT2D eigenvalue weighted by Gasteiger charge is -2.25. The van der Waals surface area contributed by atoms with Gasteiger partial charge in [0.1, 0.15) is 0 Å². The van der Waals surface area contributed by atoms with Crippen molar-refractivity contribution in [1.29, 1.82) is 0 Å². The molecule has 0 radical (unpaired) electrons. The van der Waals surface area contributed by atoms with Crippen LogP contribution in [0.2, 0.25) is 0 Å². The number of carbonyl (C=O) groups excluding carboxylic acids is 1. The Morgan fingerprint density at radius 2 is 2.09 bits per heavy atom. The predicted octanol–water partition coefficient (Wildman–Crippen LogP) is 1.67. The summed E-state index contributed by atoms with van der Waals surface area (Å²) in [5, 5.41) is 11.6. The van der Waals surface area contributed by atoms with E-state index < -0.39 is 35.0 Å². The lowest BCUT2D eigenvalue weighted by Crippen LogP contribution is -2.55. The molecule has 0 saturated heterocycles. The van der Waals surface area contributed by atoms with E-state index in [0.29, 0.717) is 12.0 Å². The van der Waals surface area contributed by atoms with Crippen molar-refractivity contribution in [3.05, 3.63) is 35.4 Å². The van der Waals surface area contributed by atoms with Crippen molar-refractivity contribution in [2.75, 3.05) is 13.7 Å². The van der Waals surface area contributed by atoms with E-state index in [0.717, 1.165) is 12.1 Å². The Bertz CT molecular complexity index is 607.